The summed E-state index contributed by atoms with van der Waals surface area (Å²) >= 11 is 0. The van der Waals surface area contributed by atoms with E-state index in [2.05, 4.69) is 21.9 Å². The molecular weight excluding hydrogens is 240 g/mol. The van der Waals surface area contributed by atoms with Crippen molar-refractivity contribution in [3.63, 3.8) is 0 Å². The van der Waals surface area contributed by atoms with Crippen LogP contribution in [0.1, 0.15) is 7.79 Å². The first kappa shape index (κ1) is 10.6. The number of carbonyl (C=O) groups is 1. The number of nitrogens with one attached hydrogen (secondary N) is 1. The van der Waals surface area contributed by atoms with E-state index in [1.54, 1.807) is 29.0 Å². The van der Waals surface area contributed by atoms with Gasteiger partial charge in [0.05, 0.1) is 24.7 Å². The van der Waals surface area contributed by atoms with Gasteiger partial charge in [0.2, 0.25) is 5.91 Å². The van der Waals surface area contributed by atoms with E-state index in [1.165, 1.54) is 6.20 Å². The molecule has 1 atom stereocenters. The van der Waals surface area contributed by atoms with Crippen molar-refractivity contribution in [2.45, 2.75) is 6.42 Å². The number of pyridine rings is 1. The maximum absolute atomic E-state index is 11.8. The summed E-state index contributed by atoms with van der Waals surface area (Å²) in [5, 5.41) is 6.93. The fourth-order valence-corrected chi connectivity index (χ4v) is 2.52. The van der Waals surface area contributed by atoms with Gasteiger partial charge in [-0.1, -0.05) is 12.6 Å². The van der Waals surface area contributed by atoms with Crippen molar-refractivity contribution >= 4 is 17.1 Å². The van der Waals surface area contributed by atoms with Gasteiger partial charge in [-0.3, -0.25) is 4.79 Å². The van der Waals surface area contributed by atoms with Crippen molar-refractivity contribution in [3.05, 3.63) is 43.3 Å². The molecule has 1 amide bonds. The van der Waals surface area contributed by atoms with Crippen LogP contribution in [0.5, 0.6) is 0 Å². The van der Waals surface area contributed by atoms with E-state index in [0.29, 0.717) is 12.6 Å². The molecule has 0 spiro atoms. The second-order valence-corrected chi connectivity index (χ2v) is 4.63. The Bertz CT molecular complexity index is 666. The highest BCUT2D eigenvalue weighted by Gasteiger charge is 2.29. The number of aromatic nitrogens is 2. The minimum absolute atomic E-state index is 0.0140. The fraction of sp³-hybridized carbons (Fsp3) is 0.286. The summed E-state index contributed by atoms with van der Waals surface area (Å²) in [7, 11) is 0. The Balaban J connectivity index is 1.84. The predicted octanol–water partition coefficient (Wildman–Crippen LogP) is 1.42. The summed E-state index contributed by atoms with van der Waals surface area (Å²) in [6.07, 6.45) is 5.81. The number of hydrogen-bond donors (Lipinski definition) is 1. The fourth-order valence-electron chi connectivity index (χ4n) is 2.52. The minimum Gasteiger partial charge on any atom is -0.368 e. The number of rotatable bonds is 3. The maximum Gasteiger partial charge on any atom is 0.228 e. The molecule has 19 heavy (non-hydrogen) atoms. The smallest absolute Gasteiger partial charge is 0.228 e. The second-order valence-electron chi connectivity index (χ2n) is 4.63. The zero-order valence-corrected chi connectivity index (χ0v) is 10.5. The number of nitrogens with zero attached hydrogens (tertiary/aromatic N) is 3. The third-order valence-electron chi connectivity index (χ3n) is 3.49. The lowest BCUT2D eigenvalue weighted by Crippen LogP contribution is -2.29. The molecule has 2 aromatic rings. The third kappa shape index (κ3) is 2.07. The van der Waals surface area contributed by atoms with Crippen LogP contribution >= 0.6 is 0 Å². The molecule has 5 nitrogen and oxygen atoms in total. The average Bonchev–Trinajstić information content (AvgIpc) is 3.04. The summed E-state index contributed by atoms with van der Waals surface area (Å²) in [6.45, 7) is 5.00. The first-order chi connectivity index (χ1) is 9.69. The Morgan fingerprint density at radius 3 is 3.42 bits per heavy atom. The van der Waals surface area contributed by atoms with Crippen molar-refractivity contribution in [1.29, 1.82) is 0 Å². The van der Waals surface area contributed by atoms with E-state index in [4.69, 9.17) is 1.37 Å². The van der Waals surface area contributed by atoms with Crippen molar-refractivity contribution in [1.82, 2.24) is 14.9 Å². The van der Waals surface area contributed by atoms with Crippen LogP contribution in [0.25, 0.3) is 5.52 Å². The van der Waals surface area contributed by atoms with Crippen LogP contribution in [0.4, 0.5) is 5.69 Å². The van der Waals surface area contributed by atoms with Crippen LogP contribution in [-0.4, -0.2) is 28.6 Å². The lowest BCUT2D eigenvalue weighted by atomic mass is 10.1. The Labute approximate surface area is 112 Å². The van der Waals surface area contributed by atoms with Crippen molar-refractivity contribution in [2.24, 2.45) is 5.92 Å². The molecule has 0 aliphatic carbocycles. The number of fused-ring (bicyclic) bond motifs is 1. The Morgan fingerprint density at radius 2 is 2.58 bits per heavy atom. The summed E-state index contributed by atoms with van der Waals surface area (Å²) in [5.74, 6) is -0.0118. The average molecular weight is 258 g/mol. The monoisotopic (exact) mass is 258 g/mol. The highest BCUT2D eigenvalue weighted by molar-refractivity contribution is 5.82. The second kappa shape index (κ2) is 4.76. The maximum atomic E-state index is 11.8. The summed E-state index contributed by atoms with van der Waals surface area (Å²) in [4.78, 5) is 14.0. The number of anilines is 1. The summed E-state index contributed by atoms with van der Waals surface area (Å²) in [6, 6.07) is 3.95. The molecule has 0 bridgehead atoms. The largest absolute Gasteiger partial charge is 0.368 e. The van der Waals surface area contributed by atoms with E-state index in [9.17, 15) is 4.79 Å². The van der Waals surface area contributed by atoms with Gasteiger partial charge in [0.15, 0.2) is 0 Å². The van der Waals surface area contributed by atoms with Crippen molar-refractivity contribution in [3.8, 4) is 0 Å². The first-order valence-electron chi connectivity index (χ1n) is 6.79. The molecule has 5 heteroatoms. The minimum atomic E-state index is -0.0258. The van der Waals surface area contributed by atoms with Gasteiger partial charge in [-0.2, -0.15) is 5.10 Å². The molecule has 0 saturated carbocycles. The lowest BCUT2D eigenvalue weighted by Gasteiger charge is -2.16. The zero-order chi connectivity index (χ0) is 14.1. The van der Waals surface area contributed by atoms with E-state index in [1.807, 2.05) is 0 Å². The van der Waals surface area contributed by atoms with Crippen molar-refractivity contribution in [2.75, 3.05) is 18.0 Å². The van der Waals surface area contributed by atoms with Gasteiger partial charge in [-0.15, -0.1) is 0 Å². The Kier molecular flexibility index (Phi) is 2.66. The normalized spacial score (nSPS) is 19.5. The molecule has 1 N–H and O–H groups in total. The number of amides is 1. The zero-order valence-electron chi connectivity index (χ0n) is 11.5. The van der Waals surface area contributed by atoms with Crippen LogP contribution in [0.15, 0.2) is 43.3 Å². The van der Waals surface area contributed by atoms with Crippen LogP contribution < -0.4 is 10.2 Å². The standard InChI is InChI=1S/C14H16N4O/c1-2-15-14(19)11-6-8-17(10-11)13-9-16-18-7-4-3-5-12(13)18/h2-5,7,9,11H,1,6,8,10H2,(H,15,19)/i3T. The molecule has 1 unspecified atom stereocenters. The molecule has 98 valence electrons. The Morgan fingerprint density at radius 1 is 1.68 bits per heavy atom. The van der Waals surface area contributed by atoms with E-state index in [0.717, 1.165) is 24.2 Å². The lowest BCUT2D eigenvalue weighted by molar-refractivity contribution is -0.123. The van der Waals surface area contributed by atoms with Crippen LogP contribution in [0.3, 0.4) is 0 Å². The quantitative estimate of drug-likeness (QED) is 0.906. The molecule has 1 saturated heterocycles. The van der Waals surface area contributed by atoms with Gasteiger partial charge < -0.3 is 10.2 Å². The SMILES string of the molecule is [3H]c1ccn2ncc(N3CCC(C(=O)NC=C)C3)c2c1. The molecule has 3 heterocycles. The molecule has 0 aromatic carbocycles. The number of carbonyl (C=O) groups excluding carboxylic acids is 1. The van der Waals surface area contributed by atoms with Gasteiger partial charge in [-0.25, -0.2) is 4.52 Å². The van der Waals surface area contributed by atoms with Gasteiger partial charge >= 0.3 is 0 Å². The van der Waals surface area contributed by atoms with E-state index >= 15 is 0 Å². The van der Waals surface area contributed by atoms with E-state index < -0.39 is 0 Å². The van der Waals surface area contributed by atoms with Crippen LogP contribution in [-0.2, 0) is 4.79 Å². The first-order valence-corrected chi connectivity index (χ1v) is 6.29. The van der Waals surface area contributed by atoms with Gasteiger partial charge in [0.25, 0.3) is 0 Å². The summed E-state index contributed by atoms with van der Waals surface area (Å²) < 4.78 is 9.47. The molecule has 3 rings (SSSR count). The number of hydrogen-bond acceptors (Lipinski definition) is 3. The molecule has 1 aliphatic heterocycles. The summed E-state index contributed by atoms with van der Waals surface area (Å²) in [5.41, 5.74) is 1.88. The van der Waals surface area contributed by atoms with Gasteiger partial charge in [-0.05, 0) is 24.8 Å². The van der Waals surface area contributed by atoms with Crippen LogP contribution in [0.2, 0.25) is 0 Å². The predicted molar refractivity (Wildman–Crippen MR) is 73.9 cm³/mol. The van der Waals surface area contributed by atoms with Crippen LogP contribution in [0, 0.1) is 5.92 Å². The highest BCUT2D eigenvalue weighted by atomic mass is 16.1. The van der Waals surface area contributed by atoms with E-state index in [-0.39, 0.29) is 11.8 Å². The molecule has 2 aromatic heterocycles. The molecule has 1 fully saturated rings. The molecular formula is C14H16N4O. The third-order valence-corrected chi connectivity index (χ3v) is 3.49. The van der Waals surface area contributed by atoms with Gasteiger partial charge in [0, 0.05) is 19.3 Å². The van der Waals surface area contributed by atoms with Gasteiger partial charge in [0.1, 0.15) is 0 Å². The highest BCUT2D eigenvalue weighted by Crippen LogP contribution is 2.27. The molecule has 1 aliphatic rings. The Hall–Kier alpha value is -2.30. The van der Waals surface area contributed by atoms with Crippen molar-refractivity contribution < 1.29 is 6.17 Å². The molecule has 0 radical (unpaired) electrons. The topological polar surface area (TPSA) is 49.6 Å².